The lowest BCUT2D eigenvalue weighted by Gasteiger charge is -2.22. The average molecular weight is 284 g/mol. The fraction of sp³-hybridized carbons (Fsp3) is 0.667. The summed E-state index contributed by atoms with van der Waals surface area (Å²) >= 11 is 3.47. The van der Waals surface area contributed by atoms with Gasteiger partial charge in [0, 0.05) is 24.6 Å². The second kappa shape index (κ2) is 3.99. The van der Waals surface area contributed by atoms with Crippen LogP contribution >= 0.6 is 15.9 Å². The number of anilines is 1. The molecule has 0 saturated heterocycles. The van der Waals surface area contributed by atoms with Crippen molar-refractivity contribution in [1.82, 2.24) is 9.97 Å². The summed E-state index contributed by atoms with van der Waals surface area (Å²) < 4.78 is 0.870. The van der Waals surface area contributed by atoms with Crippen molar-refractivity contribution in [2.45, 2.75) is 45.1 Å². The van der Waals surface area contributed by atoms with Gasteiger partial charge in [-0.2, -0.15) is 0 Å². The van der Waals surface area contributed by atoms with Gasteiger partial charge in [-0.25, -0.2) is 9.97 Å². The van der Waals surface area contributed by atoms with Crippen LogP contribution in [0.25, 0.3) is 0 Å². The molecule has 0 N–H and O–H groups in total. The molecule has 3 nitrogen and oxygen atoms in total. The van der Waals surface area contributed by atoms with E-state index in [4.69, 9.17) is 0 Å². The Kier molecular flexibility index (Phi) is 2.95. The normalized spacial score (nSPS) is 16.3. The van der Waals surface area contributed by atoms with Crippen molar-refractivity contribution < 1.29 is 0 Å². The van der Waals surface area contributed by atoms with Crippen LogP contribution in [0, 0.1) is 0 Å². The predicted molar refractivity (Wildman–Crippen MR) is 69.9 cm³/mol. The summed E-state index contributed by atoms with van der Waals surface area (Å²) in [5, 5.41) is 0. The fourth-order valence-corrected chi connectivity index (χ4v) is 1.94. The minimum Gasteiger partial charge on any atom is -0.357 e. The van der Waals surface area contributed by atoms with Crippen LogP contribution < -0.4 is 4.90 Å². The summed E-state index contributed by atoms with van der Waals surface area (Å²) in [7, 11) is 2.11. The molecular formula is C12H18BrN3. The third kappa shape index (κ3) is 2.54. The van der Waals surface area contributed by atoms with E-state index in [1.165, 1.54) is 12.8 Å². The lowest BCUT2D eigenvalue weighted by molar-refractivity contribution is 0.542. The quantitative estimate of drug-likeness (QED) is 0.781. The highest BCUT2D eigenvalue weighted by molar-refractivity contribution is 9.10. The smallest absolute Gasteiger partial charge is 0.137 e. The Bertz CT molecular complexity index is 394. The van der Waals surface area contributed by atoms with E-state index in [9.17, 15) is 0 Å². The Balaban J connectivity index is 2.35. The first-order chi connectivity index (χ1) is 7.38. The van der Waals surface area contributed by atoms with Crippen molar-refractivity contribution in [3.63, 3.8) is 0 Å². The lowest BCUT2D eigenvalue weighted by atomic mass is 9.96. The van der Waals surface area contributed by atoms with Gasteiger partial charge in [0.25, 0.3) is 0 Å². The number of halogens is 1. The third-order valence-corrected chi connectivity index (χ3v) is 3.21. The van der Waals surface area contributed by atoms with E-state index in [0.29, 0.717) is 6.04 Å². The number of nitrogens with zero attached hydrogens (tertiary/aromatic N) is 3. The molecule has 1 aliphatic carbocycles. The van der Waals surface area contributed by atoms with E-state index in [2.05, 4.69) is 58.6 Å². The van der Waals surface area contributed by atoms with Gasteiger partial charge in [-0.3, -0.25) is 0 Å². The third-order valence-electron chi connectivity index (χ3n) is 2.81. The Morgan fingerprint density at radius 3 is 2.44 bits per heavy atom. The predicted octanol–water partition coefficient (Wildman–Crippen LogP) is 3.14. The first kappa shape index (κ1) is 11.8. The molecule has 0 radical (unpaired) electrons. The van der Waals surface area contributed by atoms with Gasteiger partial charge in [0.1, 0.15) is 16.2 Å². The molecule has 1 aromatic rings. The molecule has 16 heavy (non-hydrogen) atoms. The van der Waals surface area contributed by atoms with E-state index in [-0.39, 0.29) is 5.41 Å². The van der Waals surface area contributed by atoms with Crippen molar-refractivity contribution in [3.8, 4) is 0 Å². The first-order valence-electron chi connectivity index (χ1n) is 5.66. The number of hydrogen-bond acceptors (Lipinski definition) is 3. The molecule has 0 bridgehead atoms. The number of aromatic nitrogens is 2. The zero-order valence-electron chi connectivity index (χ0n) is 10.3. The molecule has 1 aliphatic rings. The molecule has 4 heteroatoms. The van der Waals surface area contributed by atoms with Crippen LogP contribution in [-0.4, -0.2) is 23.1 Å². The van der Waals surface area contributed by atoms with Crippen LogP contribution in [-0.2, 0) is 5.41 Å². The zero-order chi connectivity index (χ0) is 11.9. The molecule has 1 fully saturated rings. The van der Waals surface area contributed by atoms with Gasteiger partial charge in [0.2, 0.25) is 0 Å². The highest BCUT2D eigenvalue weighted by atomic mass is 79.9. The van der Waals surface area contributed by atoms with E-state index in [0.717, 1.165) is 16.2 Å². The van der Waals surface area contributed by atoms with Gasteiger partial charge < -0.3 is 4.90 Å². The highest BCUT2D eigenvalue weighted by Crippen LogP contribution is 2.31. The summed E-state index contributed by atoms with van der Waals surface area (Å²) in [6, 6.07) is 2.67. The van der Waals surface area contributed by atoms with Gasteiger partial charge in [0.15, 0.2) is 0 Å². The largest absolute Gasteiger partial charge is 0.357 e. The summed E-state index contributed by atoms with van der Waals surface area (Å²) in [6.07, 6.45) is 2.56. The van der Waals surface area contributed by atoms with Crippen LogP contribution in [0.4, 0.5) is 5.82 Å². The van der Waals surface area contributed by atoms with E-state index in [1.54, 1.807) is 0 Å². The molecule has 1 heterocycles. The van der Waals surface area contributed by atoms with Gasteiger partial charge in [0.05, 0.1) is 0 Å². The summed E-state index contributed by atoms with van der Waals surface area (Å²) in [5.41, 5.74) is -0.0110. The van der Waals surface area contributed by atoms with Crippen LogP contribution in [0.5, 0.6) is 0 Å². The maximum Gasteiger partial charge on any atom is 0.137 e. The summed E-state index contributed by atoms with van der Waals surface area (Å²) in [5.74, 6) is 1.92. The Morgan fingerprint density at radius 1 is 1.31 bits per heavy atom. The van der Waals surface area contributed by atoms with E-state index >= 15 is 0 Å². The maximum absolute atomic E-state index is 4.65. The SMILES string of the molecule is CN(c1cc(Br)nc(C(C)(C)C)n1)C1CC1. The molecule has 0 amide bonds. The van der Waals surface area contributed by atoms with Crippen LogP contribution in [0.3, 0.4) is 0 Å². The molecular weight excluding hydrogens is 266 g/mol. The van der Waals surface area contributed by atoms with Crippen LogP contribution in [0.2, 0.25) is 0 Å². The van der Waals surface area contributed by atoms with Gasteiger partial charge in [-0.15, -0.1) is 0 Å². The van der Waals surface area contributed by atoms with E-state index < -0.39 is 0 Å². The molecule has 0 aliphatic heterocycles. The molecule has 88 valence electrons. The summed E-state index contributed by atoms with van der Waals surface area (Å²) in [6.45, 7) is 6.40. The van der Waals surface area contributed by atoms with Crippen molar-refractivity contribution in [1.29, 1.82) is 0 Å². The lowest BCUT2D eigenvalue weighted by Crippen LogP contribution is -2.24. The monoisotopic (exact) mass is 283 g/mol. The Morgan fingerprint density at radius 2 is 1.94 bits per heavy atom. The second-order valence-electron chi connectivity index (χ2n) is 5.46. The average Bonchev–Trinajstić information content (AvgIpc) is 2.97. The van der Waals surface area contributed by atoms with Gasteiger partial charge in [-0.1, -0.05) is 20.8 Å². The standard InChI is InChI=1S/C12H18BrN3/c1-12(2,3)11-14-9(13)7-10(15-11)16(4)8-5-6-8/h7-8H,5-6H2,1-4H3. The molecule has 0 aromatic carbocycles. The second-order valence-corrected chi connectivity index (χ2v) is 6.28. The van der Waals surface area contributed by atoms with Gasteiger partial charge >= 0.3 is 0 Å². The van der Waals surface area contributed by atoms with Crippen molar-refractivity contribution >= 4 is 21.7 Å². The maximum atomic E-state index is 4.65. The molecule has 0 unspecified atom stereocenters. The molecule has 1 saturated carbocycles. The minimum absolute atomic E-state index is 0.0110. The number of hydrogen-bond donors (Lipinski definition) is 0. The number of rotatable bonds is 2. The van der Waals surface area contributed by atoms with Gasteiger partial charge in [-0.05, 0) is 28.8 Å². The molecule has 1 aromatic heterocycles. The first-order valence-corrected chi connectivity index (χ1v) is 6.45. The topological polar surface area (TPSA) is 29.0 Å². The zero-order valence-corrected chi connectivity index (χ0v) is 11.9. The molecule has 0 spiro atoms. The van der Waals surface area contributed by atoms with Crippen molar-refractivity contribution in [2.75, 3.05) is 11.9 Å². The van der Waals surface area contributed by atoms with Crippen molar-refractivity contribution in [2.24, 2.45) is 0 Å². The highest BCUT2D eigenvalue weighted by Gasteiger charge is 2.28. The Labute approximate surface area is 105 Å². The summed E-state index contributed by atoms with van der Waals surface area (Å²) in [4.78, 5) is 11.3. The fourth-order valence-electron chi connectivity index (χ4n) is 1.57. The minimum atomic E-state index is -0.0110. The van der Waals surface area contributed by atoms with E-state index in [1.807, 2.05) is 6.07 Å². The van der Waals surface area contributed by atoms with Crippen LogP contribution in [0.15, 0.2) is 10.7 Å². The molecule has 2 rings (SSSR count). The molecule has 0 atom stereocenters. The Hall–Kier alpha value is -0.640. The van der Waals surface area contributed by atoms with Crippen molar-refractivity contribution in [3.05, 3.63) is 16.5 Å². The van der Waals surface area contributed by atoms with Crippen LogP contribution in [0.1, 0.15) is 39.4 Å².